The van der Waals surface area contributed by atoms with Crippen LogP contribution in [0.2, 0.25) is 20.1 Å². The molecule has 0 radical (unpaired) electrons. The molecule has 0 aliphatic rings. The number of aromatic hydroxyl groups is 2. The first-order chi connectivity index (χ1) is 13.5. The molecule has 0 saturated heterocycles. The van der Waals surface area contributed by atoms with Gasteiger partial charge in [-0.05, 0) is 35.9 Å². The lowest BCUT2D eigenvalue weighted by molar-refractivity contribution is 0.455. The molecule has 0 saturated carbocycles. The standard InChI is InChI=1S/C19H12Cl4O5S/c20-11-5-10(6-12(24)7-11)19(29(26,27)28,14-3-1-2-4-16(14)21)15-8-13(25)9-17(22)18(15)23/h1-9,24-25H,(H,26,27,28). The highest BCUT2D eigenvalue weighted by Crippen LogP contribution is 2.51. The smallest absolute Gasteiger partial charge is 0.283 e. The Morgan fingerprint density at radius 1 is 0.759 bits per heavy atom. The fraction of sp³-hybridized carbons (Fsp3) is 0.0526. The largest absolute Gasteiger partial charge is 0.508 e. The second-order valence-corrected chi connectivity index (χ2v) is 9.31. The molecule has 0 aliphatic heterocycles. The molecule has 0 spiro atoms. The molecule has 29 heavy (non-hydrogen) atoms. The van der Waals surface area contributed by atoms with Gasteiger partial charge in [-0.25, -0.2) is 0 Å². The second-order valence-electron chi connectivity index (χ2n) is 6.12. The van der Waals surface area contributed by atoms with Crippen molar-refractivity contribution in [3.63, 3.8) is 0 Å². The highest BCUT2D eigenvalue weighted by Gasteiger charge is 2.51. The summed E-state index contributed by atoms with van der Waals surface area (Å²) >= 11 is 24.8. The first kappa shape index (κ1) is 22.0. The van der Waals surface area contributed by atoms with Crippen molar-refractivity contribution in [2.45, 2.75) is 4.75 Å². The number of benzene rings is 3. The summed E-state index contributed by atoms with van der Waals surface area (Å²) in [5.41, 5.74) is -0.530. The van der Waals surface area contributed by atoms with E-state index < -0.39 is 20.6 Å². The van der Waals surface area contributed by atoms with E-state index in [4.69, 9.17) is 46.4 Å². The maximum Gasteiger partial charge on any atom is 0.283 e. The van der Waals surface area contributed by atoms with E-state index in [0.717, 1.165) is 18.2 Å². The SMILES string of the molecule is O=S(=O)(O)C(c1cc(O)cc(Cl)c1)(c1ccccc1Cl)c1cc(O)cc(Cl)c1Cl. The zero-order valence-electron chi connectivity index (χ0n) is 14.3. The zero-order valence-corrected chi connectivity index (χ0v) is 18.1. The number of phenolic OH excluding ortho intramolecular Hbond substituents is 2. The Kier molecular flexibility index (Phi) is 5.98. The molecule has 1 unspecified atom stereocenters. The molecule has 0 fully saturated rings. The molecule has 5 nitrogen and oxygen atoms in total. The highest BCUT2D eigenvalue weighted by molar-refractivity contribution is 7.87. The van der Waals surface area contributed by atoms with E-state index in [2.05, 4.69) is 0 Å². The highest BCUT2D eigenvalue weighted by atomic mass is 35.5. The Labute approximate surface area is 186 Å². The summed E-state index contributed by atoms with van der Waals surface area (Å²) in [5, 5.41) is 19.7. The van der Waals surface area contributed by atoms with Crippen LogP contribution in [0.15, 0.2) is 54.6 Å². The zero-order chi connectivity index (χ0) is 21.6. The summed E-state index contributed by atoms with van der Waals surface area (Å²) in [6.45, 7) is 0. The monoisotopic (exact) mass is 492 g/mol. The van der Waals surface area contributed by atoms with Crippen LogP contribution in [0, 0.1) is 0 Å². The normalized spacial score (nSPS) is 13.8. The van der Waals surface area contributed by atoms with E-state index in [1.165, 1.54) is 30.3 Å². The molecule has 3 rings (SSSR count). The third-order valence-corrected chi connectivity index (χ3v) is 7.12. The molecule has 3 N–H and O–H groups in total. The topological polar surface area (TPSA) is 94.8 Å². The van der Waals surface area contributed by atoms with Crippen molar-refractivity contribution >= 4 is 56.5 Å². The van der Waals surface area contributed by atoms with Gasteiger partial charge in [0.15, 0.2) is 4.75 Å². The third-order valence-electron chi connectivity index (χ3n) is 4.32. The van der Waals surface area contributed by atoms with Crippen molar-refractivity contribution in [2.24, 2.45) is 0 Å². The fourth-order valence-corrected chi connectivity index (χ4v) is 5.63. The lowest BCUT2D eigenvalue weighted by atomic mass is 9.83. The molecule has 0 aromatic heterocycles. The van der Waals surface area contributed by atoms with Gasteiger partial charge in [-0.15, -0.1) is 0 Å². The van der Waals surface area contributed by atoms with Gasteiger partial charge in [0.25, 0.3) is 10.1 Å². The van der Waals surface area contributed by atoms with E-state index >= 15 is 0 Å². The second kappa shape index (κ2) is 7.87. The predicted molar refractivity (Wildman–Crippen MR) is 114 cm³/mol. The molecule has 0 aliphatic carbocycles. The molecule has 3 aromatic rings. The quantitative estimate of drug-likeness (QED) is 0.311. The Morgan fingerprint density at radius 2 is 1.38 bits per heavy atom. The van der Waals surface area contributed by atoms with E-state index in [0.29, 0.717) is 0 Å². The fourth-order valence-electron chi connectivity index (χ4n) is 3.24. The first-order valence-corrected chi connectivity index (χ1v) is 10.8. The number of rotatable bonds is 4. The van der Waals surface area contributed by atoms with Gasteiger partial charge in [-0.3, -0.25) is 4.55 Å². The number of hydrogen-bond donors (Lipinski definition) is 3. The summed E-state index contributed by atoms with van der Waals surface area (Å²) in [4.78, 5) is 0. The van der Waals surface area contributed by atoms with Crippen molar-refractivity contribution in [2.75, 3.05) is 0 Å². The summed E-state index contributed by atoms with van der Waals surface area (Å²) in [6, 6.07) is 11.5. The number of halogens is 4. The molecule has 0 heterocycles. The minimum Gasteiger partial charge on any atom is -0.508 e. The first-order valence-electron chi connectivity index (χ1n) is 7.89. The van der Waals surface area contributed by atoms with Gasteiger partial charge in [-0.2, -0.15) is 8.42 Å². The van der Waals surface area contributed by atoms with Gasteiger partial charge in [0.1, 0.15) is 11.5 Å². The van der Waals surface area contributed by atoms with Crippen molar-refractivity contribution in [3.8, 4) is 11.5 Å². The van der Waals surface area contributed by atoms with E-state index in [-0.39, 0.29) is 42.5 Å². The summed E-state index contributed by atoms with van der Waals surface area (Å²) in [5.74, 6) is -0.768. The molecular formula is C19H12Cl4O5S. The van der Waals surface area contributed by atoms with Crippen LogP contribution in [0.1, 0.15) is 16.7 Å². The number of hydrogen-bond acceptors (Lipinski definition) is 4. The Balaban J connectivity index is 2.65. The van der Waals surface area contributed by atoms with Crippen molar-refractivity contribution in [1.82, 2.24) is 0 Å². The minimum absolute atomic E-state index is 0.0116. The Morgan fingerprint density at radius 3 is 1.97 bits per heavy atom. The van der Waals surface area contributed by atoms with Crippen LogP contribution in [0.4, 0.5) is 0 Å². The maximum atomic E-state index is 13.0. The van der Waals surface area contributed by atoms with Crippen LogP contribution >= 0.6 is 46.4 Å². The lowest BCUT2D eigenvalue weighted by Crippen LogP contribution is -2.39. The van der Waals surface area contributed by atoms with Crippen LogP contribution < -0.4 is 0 Å². The van der Waals surface area contributed by atoms with Crippen LogP contribution in [0.3, 0.4) is 0 Å². The van der Waals surface area contributed by atoms with Crippen LogP contribution in [-0.2, 0) is 14.9 Å². The van der Waals surface area contributed by atoms with Gasteiger partial charge in [-0.1, -0.05) is 64.6 Å². The molecular weight excluding hydrogens is 482 g/mol. The summed E-state index contributed by atoms with van der Waals surface area (Å²) < 4.78 is 34.0. The Bertz CT molecular complexity index is 1190. The van der Waals surface area contributed by atoms with E-state index in [1.54, 1.807) is 6.07 Å². The van der Waals surface area contributed by atoms with E-state index in [1.807, 2.05) is 0 Å². The maximum absolute atomic E-state index is 13.0. The molecule has 10 heteroatoms. The van der Waals surface area contributed by atoms with Crippen molar-refractivity contribution in [3.05, 3.63) is 91.4 Å². The summed E-state index contributed by atoms with van der Waals surface area (Å²) in [6.07, 6.45) is 0. The average Bonchev–Trinajstić information content (AvgIpc) is 2.59. The molecule has 3 aromatic carbocycles. The summed E-state index contributed by atoms with van der Waals surface area (Å²) in [7, 11) is -5.11. The number of phenols is 2. The van der Waals surface area contributed by atoms with Gasteiger partial charge in [0, 0.05) is 27.2 Å². The van der Waals surface area contributed by atoms with Crippen LogP contribution in [-0.4, -0.2) is 23.2 Å². The molecule has 0 bridgehead atoms. The van der Waals surface area contributed by atoms with E-state index in [9.17, 15) is 23.2 Å². The van der Waals surface area contributed by atoms with Gasteiger partial charge >= 0.3 is 0 Å². The van der Waals surface area contributed by atoms with Gasteiger partial charge < -0.3 is 10.2 Å². The molecule has 0 amide bonds. The van der Waals surface area contributed by atoms with Crippen LogP contribution in [0.25, 0.3) is 0 Å². The molecule has 1 atom stereocenters. The van der Waals surface area contributed by atoms with Gasteiger partial charge in [0.05, 0.1) is 10.0 Å². The Hall–Kier alpha value is -1.67. The van der Waals surface area contributed by atoms with Crippen molar-refractivity contribution < 1.29 is 23.2 Å². The lowest BCUT2D eigenvalue weighted by Gasteiger charge is -2.34. The third kappa shape index (κ3) is 3.77. The van der Waals surface area contributed by atoms with Gasteiger partial charge in [0.2, 0.25) is 0 Å². The molecule has 152 valence electrons. The average molecular weight is 494 g/mol. The van der Waals surface area contributed by atoms with Crippen LogP contribution in [0.5, 0.6) is 11.5 Å². The predicted octanol–water partition coefficient (Wildman–Crippen LogP) is 5.89. The minimum atomic E-state index is -5.11. The van der Waals surface area contributed by atoms with Crippen molar-refractivity contribution in [1.29, 1.82) is 0 Å².